The highest BCUT2D eigenvalue weighted by Crippen LogP contribution is 2.26. The zero-order valence-electron chi connectivity index (χ0n) is 12.5. The van der Waals surface area contributed by atoms with Gasteiger partial charge < -0.3 is 4.74 Å². The highest BCUT2D eigenvalue weighted by molar-refractivity contribution is 7.89. The van der Waals surface area contributed by atoms with Crippen molar-refractivity contribution in [1.82, 2.24) is 0 Å². The van der Waals surface area contributed by atoms with Gasteiger partial charge in [0.25, 0.3) is 0 Å². The molecule has 0 aliphatic heterocycles. The van der Waals surface area contributed by atoms with Crippen molar-refractivity contribution in [3.63, 3.8) is 0 Å². The van der Waals surface area contributed by atoms with Gasteiger partial charge in [-0.3, -0.25) is 0 Å². The lowest BCUT2D eigenvalue weighted by molar-refractivity contribution is 0.0299. The highest BCUT2D eigenvalue weighted by Gasteiger charge is 2.20. The van der Waals surface area contributed by atoms with Gasteiger partial charge in [0.15, 0.2) is 0 Å². The molecule has 0 aliphatic carbocycles. The third-order valence-electron chi connectivity index (χ3n) is 2.87. The third kappa shape index (κ3) is 4.98. The van der Waals surface area contributed by atoms with Gasteiger partial charge in [-0.15, -0.1) is 0 Å². The second kappa shape index (κ2) is 6.77. The van der Waals surface area contributed by atoms with E-state index < -0.39 is 16.0 Å². The summed E-state index contributed by atoms with van der Waals surface area (Å²) in [7, 11) is -4.00. The minimum absolute atomic E-state index is 0.0179. The van der Waals surface area contributed by atoms with Crippen LogP contribution in [0.3, 0.4) is 0 Å². The number of esters is 1. The van der Waals surface area contributed by atoms with Gasteiger partial charge in [0, 0.05) is 0 Å². The van der Waals surface area contributed by atoms with Gasteiger partial charge in [0.2, 0.25) is 10.0 Å². The molecular weight excluding hydrogens is 314 g/mol. The minimum Gasteiger partial charge on any atom is -0.459 e. The molecule has 0 spiro atoms. The third-order valence-corrected chi connectivity index (χ3v) is 4.42. The Kier molecular flexibility index (Phi) is 5.78. The number of hydrogen-bond donors (Lipinski definition) is 1. The van der Waals surface area contributed by atoms with Gasteiger partial charge in [0.1, 0.15) is 4.90 Å². The molecule has 1 aromatic rings. The first-order valence-electron chi connectivity index (χ1n) is 6.56. The van der Waals surface area contributed by atoms with E-state index in [1.165, 1.54) is 6.07 Å². The van der Waals surface area contributed by atoms with Crippen molar-refractivity contribution in [2.24, 2.45) is 11.1 Å². The number of aryl methyl sites for hydroxylation is 1. The average Bonchev–Trinajstić information content (AvgIpc) is 2.29. The minimum atomic E-state index is -4.00. The van der Waals surface area contributed by atoms with Crippen LogP contribution in [0.4, 0.5) is 0 Å². The van der Waals surface area contributed by atoms with E-state index in [4.69, 9.17) is 21.5 Å². The smallest absolute Gasteiger partial charge is 0.338 e. The van der Waals surface area contributed by atoms with E-state index in [-0.39, 0.29) is 21.6 Å². The lowest BCUT2D eigenvalue weighted by atomic mass is 10.1. The van der Waals surface area contributed by atoms with E-state index in [1.807, 2.05) is 13.8 Å². The van der Waals surface area contributed by atoms with Crippen molar-refractivity contribution >= 4 is 27.6 Å². The van der Waals surface area contributed by atoms with Crippen LogP contribution in [0.25, 0.3) is 0 Å². The van der Waals surface area contributed by atoms with Crippen molar-refractivity contribution in [2.75, 3.05) is 0 Å². The summed E-state index contributed by atoms with van der Waals surface area (Å²) in [5.41, 5.74) is 0.572. The maximum atomic E-state index is 12.1. The molecule has 0 saturated heterocycles. The van der Waals surface area contributed by atoms with Gasteiger partial charge in [0.05, 0.1) is 16.7 Å². The number of rotatable bonds is 5. The molecule has 0 heterocycles. The van der Waals surface area contributed by atoms with Gasteiger partial charge in [-0.25, -0.2) is 18.4 Å². The quantitative estimate of drug-likeness (QED) is 0.839. The van der Waals surface area contributed by atoms with Crippen molar-refractivity contribution in [3.05, 3.63) is 28.3 Å². The Labute approximate surface area is 130 Å². The van der Waals surface area contributed by atoms with E-state index in [1.54, 1.807) is 13.8 Å². The van der Waals surface area contributed by atoms with Crippen molar-refractivity contribution in [3.8, 4) is 0 Å². The maximum Gasteiger partial charge on any atom is 0.338 e. The van der Waals surface area contributed by atoms with Crippen LogP contribution in [-0.4, -0.2) is 20.5 Å². The van der Waals surface area contributed by atoms with E-state index in [9.17, 15) is 13.2 Å². The van der Waals surface area contributed by atoms with E-state index >= 15 is 0 Å². The zero-order chi connectivity index (χ0) is 16.4. The zero-order valence-corrected chi connectivity index (χ0v) is 14.1. The largest absolute Gasteiger partial charge is 0.459 e. The number of ether oxygens (including phenoxy) is 1. The van der Waals surface area contributed by atoms with Gasteiger partial charge in [-0.2, -0.15) is 0 Å². The first kappa shape index (κ1) is 17.9. The van der Waals surface area contributed by atoms with Gasteiger partial charge in [-0.05, 0) is 43.9 Å². The molecule has 21 heavy (non-hydrogen) atoms. The molecule has 0 aromatic heterocycles. The molecule has 1 aromatic carbocycles. The van der Waals surface area contributed by atoms with Crippen LogP contribution in [-0.2, 0) is 14.8 Å². The second-order valence-electron chi connectivity index (χ2n) is 5.50. The molecule has 1 atom stereocenters. The number of primary sulfonamides is 1. The average molecular weight is 334 g/mol. The first-order chi connectivity index (χ1) is 9.52. The molecule has 0 radical (unpaired) electrons. The molecule has 118 valence electrons. The Balaban J connectivity index is 3.09. The molecule has 7 heteroatoms. The van der Waals surface area contributed by atoms with Crippen molar-refractivity contribution in [2.45, 2.75) is 45.1 Å². The molecule has 5 nitrogen and oxygen atoms in total. The molecule has 1 rings (SSSR count). The Morgan fingerprint density at radius 2 is 1.90 bits per heavy atom. The summed E-state index contributed by atoms with van der Waals surface area (Å²) in [6, 6.07) is 2.64. The molecule has 0 amide bonds. The SMILES string of the molecule is Cc1cc(C(=O)OC(C)CC(C)C)cc(S(N)(=O)=O)c1Cl. The molecule has 0 fully saturated rings. The van der Waals surface area contributed by atoms with Crippen LogP contribution < -0.4 is 5.14 Å². The summed E-state index contributed by atoms with van der Waals surface area (Å²) in [4.78, 5) is 11.8. The standard InChI is InChI=1S/C14H20ClNO4S/c1-8(2)5-10(4)20-14(17)11-6-9(3)13(15)12(7-11)21(16,18)19/h6-8,10H,5H2,1-4H3,(H2,16,18,19). The van der Waals surface area contributed by atoms with E-state index in [2.05, 4.69) is 0 Å². The molecule has 0 bridgehead atoms. The van der Waals surface area contributed by atoms with Crippen LogP contribution in [0, 0.1) is 12.8 Å². The monoisotopic (exact) mass is 333 g/mol. The number of halogens is 1. The fraction of sp³-hybridized carbons (Fsp3) is 0.500. The number of benzene rings is 1. The maximum absolute atomic E-state index is 12.1. The Morgan fingerprint density at radius 3 is 2.38 bits per heavy atom. The first-order valence-corrected chi connectivity index (χ1v) is 8.48. The number of carbonyl (C=O) groups excluding carboxylic acids is 1. The highest BCUT2D eigenvalue weighted by atomic mass is 35.5. The van der Waals surface area contributed by atoms with Crippen molar-refractivity contribution in [1.29, 1.82) is 0 Å². The number of nitrogens with two attached hydrogens (primary N) is 1. The number of sulfonamides is 1. The topological polar surface area (TPSA) is 86.5 Å². The lowest BCUT2D eigenvalue weighted by Gasteiger charge is -2.16. The van der Waals surface area contributed by atoms with Crippen LogP contribution in [0.5, 0.6) is 0 Å². The van der Waals surface area contributed by atoms with Crippen molar-refractivity contribution < 1.29 is 17.9 Å². The summed E-state index contributed by atoms with van der Waals surface area (Å²) < 4.78 is 28.3. The van der Waals surface area contributed by atoms with E-state index in [0.717, 1.165) is 12.5 Å². The summed E-state index contributed by atoms with van der Waals surface area (Å²) in [6.45, 7) is 7.44. The summed E-state index contributed by atoms with van der Waals surface area (Å²) in [6.07, 6.45) is 0.465. The van der Waals surface area contributed by atoms with Crippen LogP contribution in [0.1, 0.15) is 43.1 Å². The number of hydrogen-bond acceptors (Lipinski definition) is 4. The molecule has 0 aliphatic rings. The van der Waals surface area contributed by atoms with Gasteiger partial charge >= 0.3 is 5.97 Å². The second-order valence-corrected chi connectivity index (χ2v) is 7.40. The fourth-order valence-electron chi connectivity index (χ4n) is 2.02. The summed E-state index contributed by atoms with van der Waals surface area (Å²) in [5.74, 6) is -0.201. The molecule has 1 unspecified atom stereocenters. The van der Waals surface area contributed by atoms with E-state index in [0.29, 0.717) is 11.5 Å². The Bertz CT molecular complexity index is 641. The molecule has 2 N–H and O–H groups in total. The van der Waals surface area contributed by atoms with Gasteiger partial charge in [-0.1, -0.05) is 25.4 Å². The van der Waals surface area contributed by atoms with Crippen LogP contribution in [0.2, 0.25) is 5.02 Å². The summed E-state index contributed by atoms with van der Waals surface area (Å²) >= 11 is 5.92. The van der Waals surface area contributed by atoms with Crippen LogP contribution in [0.15, 0.2) is 17.0 Å². The fourth-order valence-corrected chi connectivity index (χ4v) is 3.16. The lowest BCUT2D eigenvalue weighted by Crippen LogP contribution is -2.19. The van der Waals surface area contributed by atoms with Crippen LogP contribution >= 0.6 is 11.6 Å². The summed E-state index contributed by atoms with van der Waals surface area (Å²) in [5, 5.41) is 5.12. The number of carbonyl (C=O) groups is 1. The normalized spacial score (nSPS) is 13.3. The predicted octanol–water partition coefficient (Wildman–Crippen LogP) is 2.89. The Morgan fingerprint density at radius 1 is 1.33 bits per heavy atom. The molecular formula is C14H20ClNO4S. The molecule has 0 saturated carbocycles. The predicted molar refractivity (Wildman–Crippen MR) is 81.9 cm³/mol. The Hall–Kier alpha value is -1.11.